The lowest BCUT2D eigenvalue weighted by Gasteiger charge is -2.10. The van der Waals surface area contributed by atoms with Gasteiger partial charge in [0.25, 0.3) is 0 Å². The van der Waals surface area contributed by atoms with E-state index < -0.39 is 10.0 Å². The summed E-state index contributed by atoms with van der Waals surface area (Å²) >= 11 is 1.47. The molecule has 0 spiro atoms. The number of thiazole rings is 1. The third-order valence-electron chi connectivity index (χ3n) is 2.69. The summed E-state index contributed by atoms with van der Waals surface area (Å²) in [6.07, 6.45) is 1.72. The van der Waals surface area contributed by atoms with Crippen molar-refractivity contribution in [3.63, 3.8) is 0 Å². The standard InChI is InChI=1S/C13H16N2O3S2/c1-9-4-5-11(18-3)12(6-9)20(16,17)15-8-13-14-7-10(2)19-13/h4-7,15H,8H2,1-3H3. The quantitative estimate of drug-likeness (QED) is 0.919. The zero-order valence-electron chi connectivity index (χ0n) is 11.5. The lowest BCUT2D eigenvalue weighted by molar-refractivity contribution is 0.402. The van der Waals surface area contributed by atoms with Crippen LogP contribution in [0.5, 0.6) is 5.75 Å². The highest BCUT2D eigenvalue weighted by Gasteiger charge is 2.19. The van der Waals surface area contributed by atoms with Gasteiger partial charge in [0.2, 0.25) is 10.0 Å². The van der Waals surface area contributed by atoms with Gasteiger partial charge in [0, 0.05) is 11.1 Å². The number of aryl methyl sites for hydroxylation is 2. The van der Waals surface area contributed by atoms with Crippen LogP contribution in [0.1, 0.15) is 15.4 Å². The van der Waals surface area contributed by atoms with Crippen LogP contribution in [0.4, 0.5) is 0 Å². The van der Waals surface area contributed by atoms with E-state index in [-0.39, 0.29) is 11.4 Å². The molecule has 7 heteroatoms. The first-order valence-electron chi connectivity index (χ1n) is 5.98. The zero-order chi connectivity index (χ0) is 14.8. The van der Waals surface area contributed by atoms with Crippen LogP contribution in [0, 0.1) is 13.8 Å². The Balaban J connectivity index is 2.24. The molecular formula is C13H16N2O3S2. The Hall–Kier alpha value is -1.44. The number of nitrogens with zero attached hydrogens (tertiary/aromatic N) is 1. The number of hydrogen-bond donors (Lipinski definition) is 1. The van der Waals surface area contributed by atoms with Crippen molar-refractivity contribution in [1.82, 2.24) is 9.71 Å². The van der Waals surface area contributed by atoms with E-state index in [4.69, 9.17) is 4.74 Å². The summed E-state index contributed by atoms with van der Waals surface area (Å²) in [7, 11) is -2.17. The number of aromatic nitrogens is 1. The molecule has 0 amide bonds. The summed E-state index contributed by atoms with van der Waals surface area (Å²) in [5.41, 5.74) is 0.858. The molecule has 0 radical (unpaired) electrons. The first-order valence-corrected chi connectivity index (χ1v) is 8.28. The predicted octanol–water partition coefficient (Wildman–Crippen LogP) is 2.25. The molecule has 0 aliphatic heterocycles. The van der Waals surface area contributed by atoms with Gasteiger partial charge < -0.3 is 4.74 Å². The molecule has 2 rings (SSSR count). The average molecular weight is 312 g/mol. The summed E-state index contributed by atoms with van der Waals surface area (Å²) in [6, 6.07) is 5.05. The minimum Gasteiger partial charge on any atom is -0.495 e. The molecular weight excluding hydrogens is 296 g/mol. The third-order valence-corrected chi connectivity index (χ3v) is 5.03. The Kier molecular flexibility index (Phi) is 4.42. The maximum atomic E-state index is 12.3. The monoisotopic (exact) mass is 312 g/mol. The second-order valence-electron chi connectivity index (χ2n) is 4.34. The molecule has 1 heterocycles. The van der Waals surface area contributed by atoms with Crippen molar-refractivity contribution in [2.75, 3.05) is 7.11 Å². The van der Waals surface area contributed by atoms with Gasteiger partial charge in [-0.25, -0.2) is 18.1 Å². The van der Waals surface area contributed by atoms with Crippen LogP contribution < -0.4 is 9.46 Å². The van der Waals surface area contributed by atoms with Crippen LogP contribution in [0.25, 0.3) is 0 Å². The first-order chi connectivity index (χ1) is 9.42. The van der Waals surface area contributed by atoms with E-state index in [1.165, 1.54) is 18.4 Å². The van der Waals surface area contributed by atoms with E-state index >= 15 is 0 Å². The third kappa shape index (κ3) is 3.36. The Morgan fingerprint density at radius 2 is 2.10 bits per heavy atom. The first kappa shape index (κ1) is 15.0. The van der Waals surface area contributed by atoms with Crippen LogP contribution >= 0.6 is 11.3 Å². The zero-order valence-corrected chi connectivity index (χ0v) is 13.1. The maximum absolute atomic E-state index is 12.3. The van der Waals surface area contributed by atoms with E-state index in [1.54, 1.807) is 18.3 Å². The van der Waals surface area contributed by atoms with E-state index in [9.17, 15) is 8.42 Å². The molecule has 0 saturated heterocycles. The van der Waals surface area contributed by atoms with Gasteiger partial charge in [-0.05, 0) is 31.5 Å². The topological polar surface area (TPSA) is 68.3 Å². The van der Waals surface area contributed by atoms with Crippen LogP contribution in [0.15, 0.2) is 29.3 Å². The smallest absolute Gasteiger partial charge is 0.244 e. The Bertz CT molecular complexity index is 708. The van der Waals surface area contributed by atoms with Crippen LogP contribution in [-0.4, -0.2) is 20.5 Å². The minimum atomic E-state index is -3.62. The summed E-state index contributed by atoms with van der Waals surface area (Å²) in [5.74, 6) is 0.332. The highest BCUT2D eigenvalue weighted by molar-refractivity contribution is 7.89. The predicted molar refractivity (Wildman–Crippen MR) is 78.6 cm³/mol. The molecule has 0 aliphatic rings. The van der Waals surface area contributed by atoms with Crippen molar-refractivity contribution in [3.8, 4) is 5.75 Å². The molecule has 0 aliphatic carbocycles. The second kappa shape index (κ2) is 5.90. The van der Waals surface area contributed by atoms with Gasteiger partial charge in [0.05, 0.1) is 13.7 Å². The number of methoxy groups -OCH3 is 1. The summed E-state index contributed by atoms with van der Waals surface area (Å²) < 4.78 is 32.3. The molecule has 1 aromatic heterocycles. The summed E-state index contributed by atoms with van der Waals surface area (Å²) in [4.78, 5) is 5.33. The van der Waals surface area contributed by atoms with E-state index in [2.05, 4.69) is 9.71 Å². The molecule has 2 aromatic rings. The highest BCUT2D eigenvalue weighted by atomic mass is 32.2. The van der Waals surface area contributed by atoms with Crippen molar-refractivity contribution < 1.29 is 13.2 Å². The minimum absolute atomic E-state index is 0.147. The summed E-state index contributed by atoms with van der Waals surface area (Å²) in [6.45, 7) is 3.94. The molecule has 108 valence electrons. The highest BCUT2D eigenvalue weighted by Crippen LogP contribution is 2.24. The maximum Gasteiger partial charge on any atom is 0.244 e. The van der Waals surface area contributed by atoms with Gasteiger partial charge in [-0.2, -0.15) is 0 Å². The van der Waals surface area contributed by atoms with Crippen molar-refractivity contribution in [2.45, 2.75) is 25.3 Å². The van der Waals surface area contributed by atoms with E-state index in [1.807, 2.05) is 19.9 Å². The molecule has 5 nitrogen and oxygen atoms in total. The Labute approximate surface area is 122 Å². The van der Waals surface area contributed by atoms with Gasteiger partial charge in [-0.15, -0.1) is 11.3 Å². The fourth-order valence-electron chi connectivity index (χ4n) is 1.71. The van der Waals surface area contributed by atoms with E-state index in [0.717, 1.165) is 15.4 Å². The van der Waals surface area contributed by atoms with Gasteiger partial charge in [0.1, 0.15) is 15.7 Å². The Morgan fingerprint density at radius 3 is 2.70 bits per heavy atom. The largest absolute Gasteiger partial charge is 0.495 e. The van der Waals surface area contributed by atoms with Crippen LogP contribution in [-0.2, 0) is 16.6 Å². The average Bonchev–Trinajstić information content (AvgIpc) is 2.82. The molecule has 0 saturated carbocycles. The lowest BCUT2D eigenvalue weighted by atomic mass is 10.2. The molecule has 1 aromatic carbocycles. The second-order valence-corrected chi connectivity index (χ2v) is 7.40. The van der Waals surface area contributed by atoms with Crippen LogP contribution in [0.2, 0.25) is 0 Å². The fraction of sp³-hybridized carbons (Fsp3) is 0.308. The molecule has 0 bridgehead atoms. The number of benzene rings is 1. The molecule has 0 fully saturated rings. The number of hydrogen-bond acceptors (Lipinski definition) is 5. The van der Waals surface area contributed by atoms with Crippen molar-refractivity contribution in [3.05, 3.63) is 39.8 Å². The van der Waals surface area contributed by atoms with Gasteiger partial charge in [-0.3, -0.25) is 0 Å². The number of ether oxygens (including phenoxy) is 1. The SMILES string of the molecule is COc1ccc(C)cc1S(=O)(=O)NCc1ncc(C)s1. The van der Waals surface area contributed by atoms with Gasteiger partial charge in [0.15, 0.2) is 0 Å². The van der Waals surface area contributed by atoms with Gasteiger partial charge >= 0.3 is 0 Å². The number of nitrogens with one attached hydrogen (secondary N) is 1. The van der Waals surface area contributed by atoms with Crippen molar-refractivity contribution in [1.29, 1.82) is 0 Å². The van der Waals surface area contributed by atoms with Crippen molar-refractivity contribution >= 4 is 21.4 Å². The van der Waals surface area contributed by atoms with Crippen molar-refractivity contribution in [2.24, 2.45) is 0 Å². The van der Waals surface area contributed by atoms with Gasteiger partial charge in [-0.1, -0.05) is 6.07 Å². The normalized spacial score (nSPS) is 11.6. The molecule has 1 N–H and O–H groups in total. The number of sulfonamides is 1. The van der Waals surface area contributed by atoms with E-state index in [0.29, 0.717) is 5.75 Å². The number of rotatable bonds is 5. The summed E-state index contributed by atoms with van der Waals surface area (Å²) in [5, 5.41) is 0.734. The van der Waals surface area contributed by atoms with Crippen LogP contribution in [0.3, 0.4) is 0 Å². The fourth-order valence-corrected chi connectivity index (χ4v) is 3.77. The molecule has 0 unspecified atom stereocenters. The molecule has 0 atom stereocenters. The molecule has 20 heavy (non-hydrogen) atoms. The lowest BCUT2D eigenvalue weighted by Crippen LogP contribution is -2.23. The Morgan fingerprint density at radius 1 is 1.35 bits per heavy atom.